The summed E-state index contributed by atoms with van der Waals surface area (Å²) in [5, 5.41) is 47.9. The zero-order valence-electron chi connectivity index (χ0n) is 24.0. The fourth-order valence-electron chi connectivity index (χ4n) is 6.20. The van der Waals surface area contributed by atoms with Crippen LogP contribution in [0.15, 0.2) is 23.0 Å². The first kappa shape index (κ1) is 29.9. The lowest BCUT2D eigenvalue weighted by Gasteiger charge is -2.50. The molecule has 4 atom stereocenters. The van der Waals surface area contributed by atoms with Crippen LogP contribution in [0.5, 0.6) is 5.75 Å². The first-order valence-electron chi connectivity index (χ1n) is 13.0. The first-order valence-corrected chi connectivity index (χ1v) is 13.0. The number of primary amides is 1. The van der Waals surface area contributed by atoms with Crippen LogP contribution in [0.1, 0.15) is 38.3 Å². The highest BCUT2D eigenvalue weighted by atomic mass is 16.6. The number of aliphatic hydroxyl groups excluding tert-OH is 2. The zero-order valence-corrected chi connectivity index (χ0v) is 24.0. The molecule has 0 radical (unpaired) electrons. The number of rotatable bonds is 4. The van der Waals surface area contributed by atoms with Gasteiger partial charge in [0, 0.05) is 31.3 Å². The van der Waals surface area contributed by atoms with E-state index in [0.29, 0.717) is 11.3 Å². The monoisotopic (exact) mass is 572 g/mol. The van der Waals surface area contributed by atoms with Crippen molar-refractivity contribution in [3.05, 3.63) is 34.1 Å². The van der Waals surface area contributed by atoms with Crippen LogP contribution in [0.4, 0.5) is 16.2 Å². The Morgan fingerprint density at radius 3 is 2.24 bits per heavy atom. The van der Waals surface area contributed by atoms with Crippen molar-refractivity contribution in [3.8, 4) is 5.75 Å². The van der Waals surface area contributed by atoms with E-state index >= 15 is 0 Å². The lowest BCUT2D eigenvalue weighted by molar-refractivity contribution is -0.153. The van der Waals surface area contributed by atoms with E-state index in [2.05, 4.69) is 5.32 Å². The molecule has 0 unspecified atom stereocenters. The summed E-state index contributed by atoms with van der Waals surface area (Å²) in [6, 6.07) is 0.340. The van der Waals surface area contributed by atoms with Crippen LogP contribution < -0.4 is 16.0 Å². The Morgan fingerprint density at radius 1 is 1.12 bits per heavy atom. The predicted molar refractivity (Wildman–Crippen MR) is 148 cm³/mol. The van der Waals surface area contributed by atoms with Gasteiger partial charge in [0.25, 0.3) is 5.91 Å². The molecule has 0 heterocycles. The number of nitrogens with zero attached hydrogens (tertiary/aromatic N) is 2. The summed E-state index contributed by atoms with van der Waals surface area (Å²) in [7, 11) is 6.52. The summed E-state index contributed by atoms with van der Waals surface area (Å²) in [5.74, 6) is -7.49. The quantitative estimate of drug-likeness (QED) is 0.225. The zero-order chi connectivity index (χ0) is 30.9. The largest absolute Gasteiger partial charge is 0.508 e. The average Bonchev–Trinajstić information content (AvgIpc) is 2.81. The molecule has 1 aromatic rings. The molecular formula is C28H36N4O9. The molecule has 7 N–H and O–H groups in total. The fraction of sp³-hybridized carbons (Fsp3) is 0.500. The second-order valence-corrected chi connectivity index (χ2v) is 12.1. The normalized spacial score (nSPS) is 25.9. The molecule has 0 aliphatic heterocycles. The molecule has 2 amide bonds. The number of anilines is 2. The van der Waals surface area contributed by atoms with Gasteiger partial charge in [0.1, 0.15) is 22.7 Å². The van der Waals surface area contributed by atoms with Gasteiger partial charge in [-0.25, -0.2) is 4.79 Å². The third-order valence-electron chi connectivity index (χ3n) is 7.81. The first-order chi connectivity index (χ1) is 18.8. The molecule has 4 rings (SSSR count). The number of carbonyl (C=O) groups is 4. The van der Waals surface area contributed by atoms with E-state index in [1.54, 1.807) is 39.8 Å². The molecule has 13 nitrogen and oxygen atoms in total. The minimum Gasteiger partial charge on any atom is -0.508 e. The number of carbonyl (C=O) groups excluding carboxylic acids is 4. The topological polar surface area (TPSA) is 203 Å². The Bertz CT molecular complexity index is 1440. The van der Waals surface area contributed by atoms with Crippen LogP contribution >= 0.6 is 0 Å². The van der Waals surface area contributed by atoms with Crippen molar-refractivity contribution in [2.75, 3.05) is 38.4 Å². The Balaban J connectivity index is 1.93. The van der Waals surface area contributed by atoms with E-state index in [1.165, 1.54) is 25.1 Å². The third kappa shape index (κ3) is 4.58. The summed E-state index contributed by atoms with van der Waals surface area (Å²) in [6.45, 7) is 5.00. The average molecular weight is 573 g/mol. The maximum Gasteiger partial charge on any atom is 0.412 e. The second kappa shape index (κ2) is 9.77. The third-order valence-corrected chi connectivity index (χ3v) is 7.81. The van der Waals surface area contributed by atoms with Gasteiger partial charge in [-0.15, -0.1) is 0 Å². The van der Waals surface area contributed by atoms with Gasteiger partial charge in [-0.3, -0.25) is 24.6 Å². The Labute approximate surface area is 236 Å². The summed E-state index contributed by atoms with van der Waals surface area (Å²) >= 11 is 0. The smallest absolute Gasteiger partial charge is 0.412 e. The standard InChI is InChI=1S/C28H36N4O9/c1-27(2,3)41-26(39)30-14-10-15(31(4)5)12-8-11-9-13-19(32(6)7)22(35)18(25(29)38)24(37)28(13,40)23(36)16(11)21(34)17(12)20(14)33/h10-11,13,19,33-34,37,40H,8-9H2,1-7H3,(H2,29,38)(H,30,39)/t11-,13-,19-,28-/m0/s1. The number of ether oxygens (including phenoxy) is 1. The highest BCUT2D eigenvalue weighted by molar-refractivity contribution is 6.24. The van der Waals surface area contributed by atoms with Crippen molar-refractivity contribution in [3.63, 3.8) is 0 Å². The maximum absolute atomic E-state index is 14.0. The van der Waals surface area contributed by atoms with E-state index < -0.39 is 75.5 Å². The van der Waals surface area contributed by atoms with Crippen LogP contribution in [-0.4, -0.2) is 94.3 Å². The number of aromatic hydroxyl groups is 1. The molecule has 0 spiro atoms. The van der Waals surface area contributed by atoms with Gasteiger partial charge in [0.15, 0.2) is 17.1 Å². The van der Waals surface area contributed by atoms with Crippen molar-refractivity contribution < 1.29 is 44.3 Å². The highest BCUT2D eigenvalue weighted by Gasteiger charge is 2.64. The summed E-state index contributed by atoms with van der Waals surface area (Å²) < 4.78 is 5.28. The fourth-order valence-corrected chi connectivity index (χ4v) is 6.20. The molecule has 41 heavy (non-hydrogen) atoms. The van der Waals surface area contributed by atoms with Gasteiger partial charge >= 0.3 is 6.09 Å². The highest BCUT2D eigenvalue weighted by Crippen LogP contribution is 2.54. The van der Waals surface area contributed by atoms with E-state index in [9.17, 15) is 39.6 Å². The summed E-state index contributed by atoms with van der Waals surface area (Å²) in [6.07, 6.45) is -0.778. The van der Waals surface area contributed by atoms with Crippen molar-refractivity contribution in [1.29, 1.82) is 0 Å². The molecule has 0 saturated heterocycles. The number of ketones is 2. The Morgan fingerprint density at radius 2 is 1.73 bits per heavy atom. The van der Waals surface area contributed by atoms with Gasteiger partial charge in [-0.05, 0) is 65.3 Å². The Hall–Kier alpha value is -4.10. The van der Waals surface area contributed by atoms with Crippen LogP contribution in [0.3, 0.4) is 0 Å². The van der Waals surface area contributed by atoms with Gasteiger partial charge in [0.05, 0.1) is 17.3 Å². The lowest BCUT2D eigenvalue weighted by Crippen LogP contribution is -2.65. The van der Waals surface area contributed by atoms with Crippen LogP contribution in [0, 0.1) is 11.8 Å². The number of aliphatic hydroxyl groups is 3. The predicted octanol–water partition coefficient (Wildman–Crippen LogP) is 1.38. The number of hydrogen-bond donors (Lipinski definition) is 6. The molecule has 1 fully saturated rings. The van der Waals surface area contributed by atoms with E-state index in [1.807, 2.05) is 0 Å². The van der Waals surface area contributed by atoms with Crippen molar-refractivity contribution in [1.82, 2.24) is 4.90 Å². The second-order valence-electron chi connectivity index (χ2n) is 12.1. The number of Topliss-reactive ketones (excluding diaryl/α,β-unsaturated/α-hetero) is 2. The van der Waals surface area contributed by atoms with Gasteiger partial charge < -0.3 is 35.8 Å². The van der Waals surface area contributed by atoms with Crippen molar-refractivity contribution >= 4 is 40.7 Å². The van der Waals surface area contributed by atoms with Crippen LogP contribution in [0.25, 0.3) is 5.76 Å². The molecule has 0 aromatic heterocycles. The minimum atomic E-state index is -2.74. The number of nitrogens with one attached hydrogen (secondary N) is 1. The number of nitrogens with two attached hydrogens (primary N) is 1. The molecule has 0 bridgehead atoms. The van der Waals surface area contributed by atoms with Crippen LogP contribution in [-0.2, 0) is 25.5 Å². The van der Waals surface area contributed by atoms with E-state index in [0.717, 1.165) is 0 Å². The summed E-state index contributed by atoms with van der Waals surface area (Å²) in [4.78, 5) is 55.0. The molecule has 222 valence electrons. The maximum atomic E-state index is 14.0. The molecule has 3 aliphatic carbocycles. The van der Waals surface area contributed by atoms with Crippen molar-refractivity contribution in [2.24, 2.45) is 17.6 Å². The van der Waals surface area contributed by atoms with E-state index in [-0.39, 0.29) is 29.7 Å². The number of phenolic OH excluding ortho intramolecular Hbond substituents is 1. The lowest BCUT2D eigenvalue weighted by atomic mass is 9.57. The Kier molecular flexibility index (Phi) is 7.12. The summed E-state index contributed by atoms with van der Waals surface area (Å²) in [5.41, 5.74) is 1.37. The molecule has 3 aliphatic rings. The number of hydrogen-bond acceptors (Lipinski definition) is 11. The van der Waals surface area contributed by atoms with E-state index in [4.69, 9.17) is 10.5 Å². The van der Waals surface area contributed by atoms with Gasteiger partial charge in [0.2, 0.25) is 5.78 Å². The number of phenols is 1. The number of likely N-dealkylation sites (N-methyl/N-ethyl adjacent to an activating group) is 1. The number of fused-ring (bicyclic) bond motifs is 3. The van der Waals surface area contributed by atoms with Crippen molar-refractivity contribution in [2.45, 2.75) is 50.9 Å². The number of amides is 2. The molecule has 13 heteroatoms. The molecule has 1 aromatic carbocycles. The number of benzene rings is 1. The molecular weight excluding hydrogens is 536 g/mol. The van der Waals surface area contributed by atoms with Gasteiger partial charge in [-0.1, -0.05) is 0 Å². The minimum absolute atomic E-state index is 0.0305. The molecule has 1 saturated carbocycles. The van der Waals surface area contributed by atoms with Gasteiger partial charge in [-0.2, -0.15) is 0 Å². The SMILES string of the molecule is CN(C)c1cc(NC(=O)OC(C)(C)C)c(O)c2c1C[C@H]1C[C@H]3[C@H](N(C)C)C(=O)C(C(N)=O)=C(O)[C@@]3(O)C(=O)C1=C2O. The van der Waals surface area contributed by atoms with Crippen LogP contribution in [0.2, 0.25) is 0 Å².